The van der Waals surface area contributed by atoms with Crippen molar-refractivity contribution in [1.82, 2.24) is 9.94 Å². The summed E-state index contributed by atoms with van der Waals surface area (Å²) < 4.78 is 0. The average Bonchev–Trinajstić information content (AvgIpc) is 2.97. The van der Waals surface area contributed by atoms with Gasteiger partial charge in [-0.1, -0.05) is 54.1 Å². The first-order valence-corrected chi connectivity index (χ1v) is 7.14. The largest absolute Gasteiger partial charge is 0.389 e. The van der Waals surface area contributed by atoms with Gasteiger partial charge in [-0.2, -0.15) is 0 Å². The summed E-state index contributed by atoms with van der Waals surface area (Å²) >= 11 is 5.89. The summed E-state index contributed by atoms with van der Waals surface area (Å²) in [7, 11) is 0. The van der Waals surface area contributed by atoms with Crippen LogP contribution in [0.3, 0.4) is 0 Å². The second-order valence-electron chi connectivity index (χ2n) is 4.77. The third kappa shape index (κ3) is 3.26. The Hall–Kier alpha value is -2.26. The monoisotopic (exact) mass is 298 g/mol. The van der Waals surface area contributed by atoms with Crippen molar-refractivity contribution < 1.29 is 4.84 Å². The van der Waals surface area contributed by atoms with Gasteiger partial charge in [-0.15, -0.1) is 9.94 Å². The third-order valence-electron chi connectivity index (χ3n) is 3.24. The van der Waals surface area contributed by atoms with E-state index in [1.165, 1.54) is 4.85 Å². The topological polar surface area (TPSA) is 27.1 Å². The van der Waals surface area contributed by atoms with Crippen LogP contribution < -0.4 is 4.84 Å². The zero-order valence-electron chi connectivity index (χ0n) is 11.6. The van der Waals surface area contributed by atoms with Crippen molar-refractivity contribution >= 4 is 11.6 Å². The van der Waals surface area contributed by atoms with Crippen molar-refractivity contribution in [3.05, 3.63) is 77.4 Å². The first kappa shape index (κ1) is 13.7. The van der Waals surface area contributed by atoms with Crippen LogP contribution in [-0.4, -0.2) is 9.94 Å². The smallest absolute Gasteiger partial charge is 0.149 e. The van der Waals surface area contributed by atoms with Crippen LogP contribution in [0.25, 0.3) is 11.3 Å². The molecule has 106 valence electrons. The quantitative estimate of drug-likeness (QED) is 0.714. The number of benzene rings is 2. The van der Waals surface area contributed by atoms with Crippen molar-refractivity contribution in [2.24, 2.45) is 0 Å². The van der Waals surface area contributed by atoms with E-state index in [4.69, 9.17) is 16.4 Å². The summed E-state index contributed by atoms with van der Waals surface area (Å²) in [4.78, 5) is 7.31. The Kier molecular flexibility index (Phi) is 3.93. The van der Waals surface area contributed by atoms with Crippen molar-refractivity contribution in [1.29, 1.82) is 0 Å². The Bertz CT molecular complexity index is 707. The lowest BCUT2D eigenvalue weighted by atomic mass is 10.1. The van der Waals surface area contributed by atoms with Crippen molar-refractivity contribution in [3.63, 3.8) is 0 Å². The number of hydrogen-bond donors (Lipinski definition) is 0. The molecule has 1 heterocycles. The SMILES string of the molecule is C[C@H](On1ccc(-c2ccccc2)n1)c1ccc(Cl)cc1. The molecule has 3 aromatic rings. The molecule has 0 saturated carbocycles. The molecule has 0 radical (unpaired) electrons. The van der Waals surface area contributed by atoms with E-state index in [2.05, 4.69) is 5.10 Å². The fraction of sp³-hybridized carbons (Fsp3) is 0.118. The zero-order valence-corrected chi connectivity index (χ0v) is 12.4. The normalized spacial score (nSPS) is 12.1. The molecule has 21 heavy (non-hydrogen) atoms. The van der Waals surface area contributed by atoms with Gasteiger partial charge >= 0.3 is 0 Å². The molecule has 0 spiro atoms. The number of rotatable bonds is 4. The van der Waals surface area contributed by atoms with E-state index < -0.39 is 0 Å². The molecule has 0 unspecified atom stereocenters. The summed E-state index contributed by atoms with van der Waals surface area (Å²) in [5, 5.41) is 5.15. The molecule has 0 aliphatic heterocycles. The van der Waals surface area contributed by atoms with Gasteiger partial charge in [0, 0.05) is 10.6 Å². The van der Waals surface area contributed by atoms with Gasteiger partial charge < -0.3 is 4.84 Å². The Balaban J connectivity index is 1.74. The van der Waals surface area contributed by atoms with Gasteiger partial charge in [0.15, 0.2) is 0 Å². The molecule has 0 fully saturated rings. The van der Waals surface area contributed by atoms with Gasteiger partial charge in [-0.3, -0.25) is 0 Å². The van der Waals surface area contributed by atoms with Gasteiger partial charge in [-0.05, 0) is 30.7 Å². The maximum Gasteiger partial charge on any atom is 0.149 e. The molecule has 0 N–H and O–H groups in total. The van der Waals surface area contributed by atoms with Crippen LogP contribution in [0.15, 0.2) is 66.9 Å². The molecular weight excluding hydrogens is 284 g/mol. The minimum absolute atomic E-state index is 0.106. The summed E-state index contributed by atoms with van der Waals surface area (Å²) in [5.74, 6) is 0. The highest BCUT2D eigenvalue weighted by Gasteiger charge is 2.09. The van der Waals surface area contributed by atoms with E-state index in [-0.39, 0.29) is 6.10 Å². The van der Waals surface area contributed by atoms with Crippen LogP contribution >= 0.6 is 11.6 Å². The molecule has 0 bridgehead atoms. The fourth-order valence-corrected chi connectivity index (χ4v) is 2.21. The summed E-state index contributed by atoms with van der Waals surface area (Å²) in [5.41, 5.74) is 3.01. The van der Waals surface area contributed by atoms with Gasteiger partial charge in [0.1, 0.15) is 6.10 Å². The molecule has 0 aliphatic rings. The molecule has 3 nitrogen and oxygen atoms in total. The van der Waals surface area contributed by atoms with E-state index in [0.29, 0.717) is 0 Å². The minimum atomic E-state index is -0.106. The molecular formula is C17H15ClN2O. The van der Waals surface area contributed by atoms with Crippen molar-refractivity contribution in [2.45, 2.75) is 13.0 Å². The first-order valence-electron chi connectivity index (χ1n) is 6.76. The lowest BCUT2D eigenvalue weighted by Crippen LogP contribution is -2.16. The van der Waals surface area contributed by atoms with Crippen molar-refractivity contribution in [3.8, 4) is 11.3 Å². The van der Waals surface area contributed by atoms with Crippen LogP contribution in [-0.2, 0) is 0 Å². The molecule has 1 atom stereocenters. The summed E-state index contributed by atoms with van der Waals surface area (Å²) in [6.07, 6.45) is 1.71. The van der Waals surface area contributed by atoms with Crippen LogP contribution in [0.1, 0.15) is 18.6 Å². The van der Waals surface area contributed by atoms with Crippen molar-refractivity contribution in [2.75, 3.05) is 0 Å². The maximum absolute atomic E-state index is 5.89. The Morgan fingerprint density at radius 3 is 2.43 bits per heavy atom. The van der Waals surface area contributed by atoms with Gasteiger partial charge in [0.05, 0.1) is 11.9 Å². The third-order valence-corrected chi connectivity index (χ3v) is 3.49. The molecule has 0 amide bonds. The molecule has 4 heteroatoms. The van der Waals surface area contributed by atoms with Crippen LogP contribution in [0.4, 0.5) is 0 Å². The highest BCUT2D eigenvalue weighted by molar-refractivity contribution is 6.30. The standard InChI is InChI=1S/C17H15ClN2O/c1-13(14-7-9-16(18)10-8-14)21-20-12-11-17(19-20)15-5-3-2-4-6-15/h2-13H,1H3/t13-/m0/s1. The predicted octanol–water partition coefficient (Wildman–Crippen LogP) is 4.39. The Morgan fingerprint density at radius 1 is 1.00 bits per heavy atom. The van der Waals surface area contributed by atoms with E-state index in [1.54, 1.807) is 0 Å². The van der Waals surface area contributed by atoms with E-state index in [0.717, 1.165) is 21.8 Å². The molecule has 2 aromatic carbocycles. The van der Waals surface area contributed by atoms with Gasteiger partial charge in [0.2, 0.25) is 0 Å². The number of halogens is 1. The molecule has 1 aromatic heterocycles. The van der Waals surface area contributed by atoms with E-state index in [1.807, 2.05) is 73.8 Å². The first-order chi connectivity index (χ1) is 10.2. The lowest BCUT2D eigenvalue weighted by Gasteiger charge is -2.13. The van der Waals surface area contributed by atoms with E-state index in [9.17, 15) is 0 Å². The molecule has 0 aliphatic carbocycles. The van der Waals surface area contributed by atoms with Gasteiger partial charge in [-0.25, -0.2) is 0 Å². The van der Waals surface area contributed by atoms with Crippen LogP contribution in [0.5, 0.6) is 0 Å². The molecule has 0 saturated heterocycles. The number of hydrogen-bond acceptors (Lipinski definition) is 2. The van der Waals surface area contributed by atoms with Crippen LogP contribution in [0.2, 0.25) is 5.02 Å². The Labute approximate surface area is 128 Å². The number of nitrogens with zero attached hydrogens (tertiary/aromatic N) is 2. The second-order valence-corrected chi connectivity index (χ2v) is 5.21. The summed E-state index contributed by atoms with van der Waals surface area (Å²) in [6, 6.07) is 19.6. The Morgan fingerprint density at radius 2 is 1.71 bits per heavy atom. The summed E-state index contributed by atoms with van der Waals surface area (Å²) in [6.45, 7) is 1.98. The fourth-order valence-electron chi connectivity index (χ4n) is 2.09. The number of aromatic nitrogens is 2. The van der Waals surface area contributed by atoms with E-state index >= 15 is 0 Å². The second kappa shape index (κ2) is 6.02. The highest BCUT2D eigenvalue weighted by atomic mass is 35.5. The average molecular weight is 299 g/mol. The zero-order chi connectivity index (χ0) is 14.7. The maximum atomic E-state index is 5.89. The van der Waals surface area contributed by atoms with Crippen LogP contribution in [0, 0.1) is 0 Å². The minimum Gasteiger partial charge on any atom is -0.389 e. The lowest BCUT2D eigenvalue weighted by molar-refractivity contribution is 0.0250. The highest BCUT2D eigenvalue weighted by Crippen LogP contribution is 2.19. The predicted molar refractivity (Wildman–Crippen MR) is 84.1 cm³/mol. The molecule has 3 rings (SSSR count). The van der Waals surface area contributed by atoms with Gasteiger partial charge in [0.25, 0.3) is 0 Å².